The number of carbonyl (C=O) groups excluding carboxylic acids is 2. The van der Waals surface area contributed by atoms with Gasteiger partial charge in [-0.1, -0.05) is 37.6 Å². The lowest BCUT2D eigenvalue weighted by Gasteiger charge is -2.11. The molecule has 23 heavy (non-hydrogen) atoms. The molecule has 0 aliphatic carbocycles. The first-order valence-electron chi connectivity index (χ1n) is 7.39. The standard InChI is InChI=1S/C18H18O5/c1-2-3-12-22-18(21)14-10-7-11-15(19)16(14)23-17(20)13-8-5-4-6-9-13/h4-11,19H,2-3,12H2,1H3. The second-order valence-corrected chi connectivity index (χ2v) is 4.90. The lowest BCUT2D eigenvalue weighted by Crippen LogP contribution is -2.13. The van der Waals surface area contributed by atoms with Crippen molar-refractivity contribution in [3.05, 3.63) is 59.7 Å². The topological polar surface area (TPSA) is 72.8 Å². The van der Waals surface area contributed by atoms with Crippen molar-refractivity contribution >= 4 is 11.9 Å². The zero-order valence-electron chi connectivity index (χ0n) is 12.8. The lowest BCUT2D eigenvalue weighted by atomic mass is 10.2. The molecule has 0 bridgehead atoms. The molecule has 0 amide bonds. The van der Waals surface area contributed by atoms with Gasteiger partial charge >= 0.3 is 11.9 Å². The maximum Gasteiger partial charge on any atom is 0.343 e. The summed E-state index contributed by atoms with van der Waals surface area (Å²) in [7, 11) is 0. The van der Waals surface area contributed by atoms with E-state index in [1.54, 1.807) is 30.3 Å². The number of phenols is 1. The highest BCUT2D eigenvalue weighted by atomic mass is 16.6. The molecule has 0 radical (unpaired) electrons. The summed E-state index contributed by atoms with van der Waals surface area (Å²) in [5.74, 6) is -1.78. The first-order valence-corrected chi connectivity index (χ1v) is 7.39. The number of esters is 2. The molecule has 5 nitrogen and oxygen atoms in total. The van der Waals surface area contributed by atoms with Gasteiger partial charge in [-0.25, -0.2) is 9.59 Å². The van der Waals surface area contributed by atoms with E-state index in [0.717, 1.165) is 12.8 Å². The van der Waals surface area contributed by atoms with E-state index < -0.39 is 11.9 Å². The van der Waals surface area contributed by atoms with Crippen LogP contribution in [-0.4, -0.2) is 23.7 Å². The van der Waals surface area contributed by atoms with Crippen molar-refractivity contribution in [1.82, 2.24) is 0 Å². The number of benzene rings is 2. The largest absolute Gasteiger partial charge is 0.504 e. The van der Waals surface area contributed by atoms with Crippen LogP contribution in [0.25, 0.3) is 0 Å². The van der Waals surface area contributed by atoms with E-state index in [4.69, 9.17) is 9.47 Å². The summed E-state index contributed by atoms with van der Waals surface area (Å²) in [6.07, 6.45) is 1.63. The molecule has 1 N–H and O–H groups in total. The zero-order valence-corrected chi connectivity index (χ0v) is 12.8. The SMILES string of the molecule is CCCCOC(=O)c1cccc(O)c1OC(=O)c1ccccc1. The molecule has 0 spiro atoms. The van der Waals surface area contributed by atoms with Gasteiger partial charge < -0.3 is 14.6 Å². The summed E-state index contributed by atoms with van der Waals surface area (Å²) in [6.45, 7) is 2.26. The van der Waals surface area contributed by atoms with Gasteiger partial charge in [0.05, 0.1) is 12.2 Å². The van der Waals surface area contributed by atoms with Gasteiger partial charge in [-0.2, -0.15) is 0 Å². The predicted octanol–water partition coefficient (Wildman–Crippen LogP) is 3.57. The van der Waals surface area contributed by atoms with Crippen LogP contribution in [0, 0.1) is 0 Å². The fourth-order valence-electron chi connectivity index (χ4n) is 1.91. The minimum Gasteiger partial charge on any atom is -0.504 e. The van der Waals surface area contributed by atoms with Gasteiger partial charge in [0, 0.05) is 0 Å². The van der Waals surface area contributed by atoms with Crippen molar-refractivity contribution in [3.8, 4) is 11.5 Å². The molecule has 0 atom stereocenters. The van der Waals surface area contributed by atoms with E-state index in [2.05, 4.69) is 0 Å². The van der Waals surface area contributed by atoms with Gasteiger partial charge in [-0.05, 0) is 30.7 Å². The van der Waals surface area contributed by atoms with E-state index >= 15 is 0 Å². The van der Waals surface area contributed by atoms with Crippen molar-refractivity contribution in [2.24, 2.45) is 0 Å². The molecule has 0 aromatic heterocycles. The number of hydrogen-bond acceptors (Lipinski definition) is 5. The zero-order chi connectivity index (χ0) is 16.7. The molecule has 5 heteroatoms. The Hall–Kier alpha value is -2.82. The van der Waals surface area contributed by atoms with E-state index in [0.29, 0.717) is 5.56 Å². The molecule has 2 rings (SSSR count). The van der Waals surface area contributed by atoms with E-state index in [1.165, 1.54) is 18.2 Å². The van der Waals surface area contributed by atoms with Crippen molar-refractivity contribution in [2.45, 2.75) is 19.8 Å². The Morgan fingerprint density at radius 2 is 1.74 bits per heavy atom. The molecular weight excluding hydrogens is 296 g/mol. The minimum atomic E-state index is -0.658. The Morgan fingerprint density at radius 3 is 2.43 bits per heavy atom. The van der Waals surface area contributed by atoms with Crippen molar-refractivity contribution < 1.29 is 24.2 Å². The Balaban J connectivity index is 2.21. The Bertz CT molecular complexity index is 679. The summed E-state index contributed by atoms with van der Waals surface area (Å²) >= 11 is 0. The minimum absolute atomic E-state index is 0.0189. The van der Waals surface area contributed by atoms with Crippen LogP contribution in [-0.2, 0) is 4.74 Å². The molecule has 0 saturated heterocycles. The predicted molar refractivity (Wildman–Crippen MR) is 84.7 cm³/mol. The van der Waals surface area contributed by atoms with Crippen molar-refractivity contribution in [2.75, 3.05) is 6.61 Å². The Kier molecular flexibility index (Phi) is 5.74. The second kappa shape index (κ2) is 7.98. The molecule has 120 valence electrons. The van der Waals surface area contributed by atoms with Crippen LogP contribution >= 0.6 is 0 Å². The van der Waals surface area contributed by atoms with Gasteiger partial charge in [0.2, 0.25) is 0 Å². The summed E-state index contributed by atoms with van der Waals surface area (Å²) in [5.41, 5.74) is 0.339. The summed E-state index contributed by atoms with van der Waals surface area (Å²) < 4.78 is 10.3. The molecular formula is C18H18O5. The van der Waals surface area contributed by atoms with E-state index in [9.17, 15) is 14.7 Å². The van der Waals surface area contributed by atoms with E-state index in [1.807, 2.05) is 6.92 Å². The smallest absolute Gasteiger partial charge is 0.343 e. The highest BCUT2D eigenvalue weighted by Crippen LogP contribution is 2.31. The summed E-state index contributed by atoms with van der Waals surface area (Å²) in [4.78, 5) is 24.2. The molecule has 0 aliphatic rings. The molecule has 0 fully saturated rings. The third kappa shape index (κ3) is 4.32. The van der Waals surface area contributed by atoms with Crippen LogP contribution in [0.1, 0.15) is 40.5 Å². The fraction of sp³-hybridized carbons (Fsp3) is 0.222. The lowest BCUT2D eigenvalue weighted by molar-refractivity contribution is 0.0493. The van der Waals surface area contributed by atoms with Gasteiger partial charge in [0.25, 0.3) is 0 Å². The molecule has 0 unspecified atom stereocenters. The number of hydrogen-bond donors (Lipinski definition) is 1. The highest BCUT2D eigenvalue weighted by Gasteiger charge is 2.20. The maximum atomic E-state index is 12.1. The Morgan fingerprint density at radius 1 is 1.00 bits per heavy atom. The summed E-state index contributed by atoms with van der Waals surface area (Å²) in [6, 6.07) is 12.6. The fourth-order valence-corrected chi connectivity index (χ4v) is 1.91. The van der Waals surface area contributed by atoms with Gasteiger partial charge in [-0.3, -0.25) is 0 Å². The monoisotopic (exact) mass is 314 g/mol. The van der Waals surface area contributed by atoms with Crippen molar-refractivity contribution in [1.29, 1.82) is 0 Å². The third-order valence-electron chi connectivity index (χ3n) is 3.15. The molecule has 2 aromatic rings. The van der Waals surface area contributed by atoms with Crippen LogP contribution in [0.4, 0.5) is 0 Å². The number of carbonyl (C=O) groups is 2. The molecule has 0 saturated carbocycles. The molecule has 0 aliphatic heterocycles. The van der Waals surface area contributed by atoms with Crippen LogP contribution in [0.15, 0.2) is 48.5 Å². The third-order valence-corrected chi connectivity index (χ3v) is 3.15. The second-order valence-electron chi connectivity index (χ2n) is 4.90. The van der Waals surface area contributed by atoms with Gasteiger partial charge in [-0.15, -0.1) is 0 Å². The quantitative estimate of drug-likeness (QED) is 0.501. The first-order chi connectivity index (χ1) is 11.1. The van der Waals surface area contributed by atoms with Gasteiger partial charge in [0.1, 0.15) is 5.56 Å². The molecule has 0 heterocycles. The number of unbranched alkanes of at least 4 members (excludes halogenated alkanes) is 1. The maximum absolute atomic E-state index is 12.1. The van der Waals surface area contributed by atoms with Crippen molar-refractivity contribution in [3.63, 3.8) is 0 Å². The number of rotatable bonds is 6. The molecule has 2 aromatic carbocycles. The van der Waals surface area contributed by atoms with Crippen LogP contribution < -0.4 is 4.74 Å². The summed E-state index contributed by atoms with van der Waals surface area (Å²) in [5, 5.41) is 9.92. The van der Waals surface area contributed by atoms with E-state index in [-0.39, 0.29) is 23.7 Å². The number of ether oxygens (including phenoxy) is 2. The first kappa shape index (κ1) is 16.5. The number of phenolic OH excluding ortho intramolecular Hbond substituents is 1. The highest BCUT2D eigenvalue weighted by molar-refractivity contribution is 5.97. The van der Waals surface area contributed by atoms with Crippen LogP contribution in [0.3, 0.4) is 0 Å². The van der Waals surface area contributed by atoms with Gasteiger partial charge in [0.15, 0.2) is 11.5 Å². The van der Waals surface area contributed by atoms with Crippen LogP contribution in [0.2, 0.25) is 0 Å². The number of para-hydroxylation sites is 1. The average Bonchev–Trinajstić information content (AvgIpc) is 2.57. The normalized spacial score (nSPS) is 10.1. The van der Waals surface area contributed by atoms with Crippen LogP contribution in [0.5, 0.6) is 11.5 Å². The average molecular weight is 314 g/mol. The number of aromatic hydroxyl groups is 1. The Labute approximate surface area is 134 Å².